The van der Waals surface area contributed by atoms with Crippen molar-refractivity contribution in [2.24, 2.45) is 0 Å². The minimum atomic E-state index is -0.922. The Bertz CT molecular complexity index is 1140. The maximum absolute atomic E-state index is 13.9. The second-order valence-electron chi connectivity index (χ2n) is 8.27. The highest BCUT2D eigenvalue weighted by atomic mass is 19.2. The zero-order chi connectivity index (χ0) is 23.5. The second-order valence-corrected chi connectivity index (χ2v) is 8.27. The number of likely N-dealkylation sites (tertiary alicyclic amines) is 1. The highest BCUT2D eigenvalue weighted by Crippen LogP contribution is 2.29. The van der Waals surface area contributed by atoms with Crippen LogP contribution in [0.4, 0.5) is 19.4 Å². The molecule has 3 N–H and O–H groups in total. The molecule has 0 spiro atoms. The van der Waals surface area contributed by atoms with Gasteiger partial charge in [-0.2, -0.15) is 5.10 Å². The van der Waals surface area contributed by atoms with E-state index in [1.54, 1.807) is 4.68 Å². The van der Waals surface area contributed by atoms with Crippen LogP contribution in [0.5, 0.6) is 0 Å². The largest absolute Gasteiger partial charge is 0.395 e. The maximum Gasteiger partial charge on any atom is 0.320 e. The number of benzene rings is 2. The third-order valence-corrected chi connectivity index (χ3v) is 6.09. The van der Waals surface area contributed by atoms with Crippen molar-refractivity contribution in [1.82, 2.24) is 20.0 Å². The first-order valence-electron chi connectivity index (χ1n) is 10.8. The Morgan fingerprint density at radius 2 is 1.88 bits per heavy atom. The molecule has 1 aliphatic rings. The van der Waals surface area contributed by atoms with Gasteiger partial charge >= 0.3 is 6.03 Å². The number of hydrogen-bond acceptors (Lipinski definition) is 4. The number of para-hydroxylation sites is 1. The van der Waals surface area contributed by atoms with Gasteiger partial charge in [0.05, 0.1) is 24.0 Å². The van der Waals surface area contributed by atoms with Crippen molar-refractivity contribution in [2.75, 3.05) is 31.6 Å². The van der Waals surface area contributed by atoms with Gasteiger partial charge in [-0.15, -0.1) is 0 Å². The van der Waals surface area contributed by atoms with E-state index in [1.807, 2.05) is 49.1 Å². The van der Waals surface area contributed by atoms with Crippen molar-refractivity contribution in [3.63, 3.8) is 0 Å². The van der Waals surface area contributed by atoms with Gasteiger partial charge in [-0.05, 0) is 43.7 Å². The molecule has 2 aromatic carbocycles. The van der Waals surface area contributed by atoms with Gasteiger partial charge in [0.1, 0.15) is 5.82 Å². The van der Waals surface area contributed by atoms with E-state index in [0.717, 1.165) is 23.0 Å². The maximum atomic E-state index is 13.9. The number of amides is 2. The number of carbonyl (C=O) groups excluding carboxylic acids is 1. The zero-order valence-corrected chi connectivity index (χ0v) is 18.6. The molecular weight excluding hydrogens is 428 g/mol. The number of hydrogen-bond donors (Lipinski definition) is 3. The molecule has 0 aliphatic carbocycles. The summed E-state index contributed by atoms with van der Waals surface area (Å²) in [5.41, 5.74) is 3.06. The molecule has 174 valence electrons. The molecule has 1 aliphatic heterocycles. The van der Waals surface area contributed by atoms with Crippen molar-refractivity contribution in [2.45, 2.75) is 25.8 Å². The summed E-state index contributed by atoms with van der Waals surface area (Å²) in [5, 5.41) is 19.8. The summed E-state index contributed by atoms with van der Waals surface area (Å²) in [5.74, 6) is -1.52. The third-order valence-electron chi connectivity index (χ3n) is 6.09. The lowest BCUT2D eigenvalue weighted by Gasteiger charge is -2.21. The number of halogens is 2. The van der Waals surface area contributed by atoms with E-state index in [9.17, 15) is 18.7 Å². The average Bonchev–Trinajstić information content (AvgIpc) is 3.32. The number of anilines is 1. The fourth-order valence-electron chi connectivity index (χ4n) is 4.26. The number of nitrogens with zero attached hydrogens (tertiary/aromatic N) is 3. The Labute approximate surface area is 191 Å². The first-order valence-corrected chi connectivity index (χ1v) is 10.8. The van der Waals surface area contributed by atoms with Gasteiger partial charge in [0.25, 0.3) is 0 Å². The summed E-state index contributed by atoms with van der Waals surface area (Å²) in [6.07, 6.45) is 0. The second kappa shape index (κ2) is 9.68. The lowest BCUT2D eigenvalue weighted by molar-refractivity contribution is 0.217. The van der Waals surface area contributed by atoms with E-state index in [4.69, 9.17) is 0 Å². The number of carbonyl (C=O) groups is 1. The molecule has 2 amide bonds. The molecular formula is C24H27F2N5O2. The van der Waals surface area contributed by atoms with Gasteiger partial charge in [0.15, 0.2) is 11.6 Å². The molecule has 0 saturated carbocycles. The number of aromatic nitrogens is 2. The SMILES string of the molecule is Cc1nn(-c2ccccc2)c(NC(=O)NC2CN(CCO)C[C@H]2c2ccc(F)c(F)c2)c1C. The number of nitrogens with one attached hydrogen (secondary N) is 2. The number of aliphatic hydroxyl groups excluding tert-OH is 1. The van der Waals surface area contributed by atoms with E-state index >= 15 is 0 Å². The number of rotatable bonds is 6. The minimum absolute atomic E-state index is 0.0296. The van der Waals surface area contributed by atoms with Gasteiger partial charge in [0.2, 0.25) is 0 Å². The zero-order valence-electron chi connectivity index (χ0n) is 18.6. The van der Waals surface area contributed by atoms with Crippen molar-refractivity contribution in [1.29, 1.82) is 0 Å². The van der Waals surface area contributed by atoms with Crippen molar-refractivity contribution in [3.05, 3.63) is 77.0 Å². The van der Waals surface area contributed by atoms with Gasteiger partial charge in [0, 0.05) is 31.1 Å². The smallest absolute Gasteiger partial charge is 0.320 e. The predicted molar refractivity (Wildman–Crippen MR) is 122 cm³/mol. The van der Waals surface area contributed by atoms with Crippen molar-refractivity contribution < 1.29 is 18.7 Å². The normalized spacial score (nSPS) is 18.5. The molecule has 2 heterocycles. The molecule has 7 nitrogen and oxygen atoms in total. The van der Waals surface area contributed by atoms with E-state index in [-0.39, 0.29) is 18.6 Å². The molecule has 1 aromatic heterocycles. The van der Waals surface area contributed by atoms with Crippen molar-refractivity contribution >= 4 is 11.8 Å². The van der Waals surface area contributed by atoms with Crippen LogP contribution in [0.3, 0.4) is 0 Å². The fourth-order valence-corrected chi connectivity index (χ4v) is 4.26. The van der Waals surface area contributed by atoms with Crippen LogP contribution in [0.15, 0.2) is 48.5 Å². The van der Waals surface area contributed by atoms with Gasteiger partial charge in [-0.25, -0.2) is 18.3 Å². The Balaban J connectivity index is 1.55. The Kier molecular flexibility index (Phi) is 6.71. The van der Waals surface area contributed by atoms with Crippen molar-refractivity contribution in [3.8, 4) is 5.69 Å². The Morgan fingerprint density at radius 1 is 1.12 bits per heavy atom. The quantitative estimate of drug-likeness (QED) is 0.533. The van der Waals surface area contributed by atoms with Gasteiger partial charge in [-0.1, -0.05) is 24.3 Å². The van der Waals surface area contributed by atoms with E-state index in [2.05, 4.69) is 15.7 Å². The average molecular weight is 456 g/mol. The van der Waals surface area contributed by atoms with Crippen LogP contribution in [0.1, 0.15) is 22.7 Å². The van der Waals surface area contributed by atoms with E-state index in [0.29, 0.717) is 31.0 Å². The number of β-amino-alcohol motifs (C(OH)–C–C–N with tert-alkyl or cyclic N) is 1. The first kappa shape index (κ1) is 22.9. The van der Waals surface area contributed by atoms with Crippen LogP contribution in [-0.4, -0.2) is 58.1 Å². The lowest BCUT2D eigenvalue weighted by Crippen LogP contribution is -2.42. The summed E-state index contributed by atoms with van der Waals surface area (Å²) in [4.78, 5) is 15.0. The number of aliphatic hydroxyl groups is 1. The van der Waals surface area contributed by atoms with Crippen LogP contribution in [0.2, 0.25) is 0 Å². The fraction of sp³-hybridized carbons (Fsp3) is 0.333. The third kappa shape index (κ3) is 4.89. The summed E-state index contributed by atoms with van der Waals surface area (Å²) < 4.78 is 29.0. The standard InChI is InChI=1S/C24H27F2N5O2/c1-15-16(2)29-31(18-6-4-3-5-7-18)23(15)28-24(33)27-22-14-30(10-11-32)13-19(22)17-8-9-20(25)21(26)12-17/h3-9,12,19,22,32H,10-11,13-14H2,1-2H3,(H2,27,28,33)/t19-,22?/m0/s1. The molecule has 3 aromatic rings. The molecule has 33 heavy (non-hydrogen) atoms. The molecule has 4 rings (SSSR count). The van der Waals surface area contributed by atoms with Crippen LogP contribution in [-0.2, 0) is 0 Å². The molecule has 0 radical (unpaired) electrons. The molecule has 2 atom stereocenters. The molecule has 1 fully saturated rings. The summed E-state index contributed by atoms with van der Waals surface area (Å²) in [7, 11) is 0. The Hall–Kier alpha value is -3.30. The summed E-state index contributed by atoms with van der Waals surface area (Å²) >= 11 is 0. The van der Waals surface area contributed by atoms with E-state index in [1.165, 1.54) is 12.1 Å². The summed E-state index contributed by atoms with van der Waals surface area (Å²) in [6, 6.07) is 12.5. The van der Waals surface area contributed by atoms with E-state index < -0.39 is 17.7 Å². The van der Waals surface area contributed by atoms with Crippen LogP contribution < -0.4 is 10.6 Å². The Morgan fingerprint density at radius 3 is 2.58 bits per heavy atom. The first-order chi connectivity index (χ1) is 15.9. The van der Waals surface area contributed by atoms with Crippen LogP contribution >= 0.6 is 0 Å². The van der Waals surface area contributed by atoms with Gasteiger partial charge < -0.3 is 10.4 Å². The summed E-state index contributed by atoms with van der Waals surface area (Å²) in [6.45, 7) is 5.15. The highest BCUT2D eigenvalue weighted by Gasteiger charge is 2.35. The number of aryl methyl sites for hydroxylation is 1. The lowest BCUT2D eigenvalue weighted by atomic mass is 9.94. The molecule has 0 bridgehead atoms. The number of urea groups is 1. The van der Waals surface area contributed by atoms with Gasteiger partial charge in [-0.3, -0.25) is 10.2 Å². The molecule has 1 saturated heterocycles. The highest BCUT2D eigenvalue weighted by molar-refractivity contribution is 5.90. The molecule has 9 heteroatoms. The van der Waals surface area contributed by atoms with Crippen LogP contribution in [0.25, 0.3) is 5.69 Å². The minimum Gasteiger partial charge on any atom is -0.395 e. The topological polar surface area (TPSA) is 82.4 Å². The molecule has 1 unspecified atom stereocenters. The monoisotopic (exact) mass is 455 g/mol. The van der Waals surface area contributed by atoms with Crippen LogP contribution in [0, 0.1) is 25.5 Å². The predicted octanol–water partition coefficient (Wildman–Crippen LogP) is 3.35.